The highest BCUT2D eigenvalue weighted by molar-refractivity contribution is 8.13. The van der Waals surface area contributed by atoms with Crippen LogP contribution in [0.25, 0.3) is 0 Å². The van der Waals surface area contributed by atoms with Gasteiger partial charge < -0.3 is 0 Å². The van der Waals surface area contributed by atoms with E-state index in [2.05, 4.69) is 4.98 Å². The third-order valence-electron chi connectivity index (χ3n) is 1.88. The molecule has 0 saturated carbocycles. The molecule has 0 aliphatic heterocycles. The molecule has 0 aromatic carbocycles. The number of rotatable bonds is 2. The van der Waals surface area contributed by atoms with Gasteiger partial charge in [0.2, 0.25) is 0 Å². The number of nitrogens with zero attached hydrogens (tertiary/aromatic N) is 2. The van der Waals surface area contributed by atoms with Crippen LogP contribution >= 0.6 is 10.7 Å². The van der Waals surface area contributed by atoms with Crippen molar-refractivity contribution in [2.45, 2.75) is 18.2 Å². The molecule has 1 aromatic rings. The predicted molar refractivity (Wildman–Crippen MR) is 51.7 cm³/mol. The number of nitriles is 1. The van der Waals surface area contributed by atoms with Gasteiger partial charge in [-0.1, -0.05) is 0 Å². The number of aromatic nitrogens is 1. The van der Waals surface area contributed by atoms with Gasteiger partial charge in [-0.05, 0) is 6.92 Å². The molecule has 4 nitrogen and oxygen atoms in total. The predicted octanol–water partition coefficient (Wildman–Crippen LogP) is 2.13. The molecule has 1 heterocycles. The summed E-state index contributed by atoms with van der Waals surface area (Å²) in [7, 11) is 0.703. The highest BCUT2D eigenvalue weighted by Crippen LogP contribution is 2.31. The van der Waals surface area contributed by atoms with Gasteiger partial charge in [-0.15, -0.1) is 0 Å². The minimum atomic E-state index is -4.34. The zero-order valence-corrected chi connectivity index (χ0v) is 9.48. The van der Waals surface area contributed by atoms with Crippen molar-refractivity contribution in [3.05, 3.63) is 23.0 Å². The van der Waals surface area contributed by atoms with Crippen LogP contribution in [0.3, 0.4) is 0 Å². The fourth-order valence-electron chi connectivity index (χ4n) is 1.21. The summed E-state index contributed by atoms with van der Waals surface area (Å²) in [4.78, 5) is 2.69. The summed E-state index contributed by atoms with van der Waals surface area (Å²) in [5, 5.41) is 8.60. The quantitative estimate of drug-likeness (QED) is 0.769. The minimum absolute atomic E-state index is 0.171. The van der Waals surface area contributed by atoms with Crippen LogP contribution in [0.15, 0.2) is 11.1 Å². The van der Waals surface area contributed by atoms with Gasteiger partial charge in [0.15, 0.2) is 0 Å². The van der Waals surface area contributed by atoms with Gasteiger partial charge in [0.25, 0.3) is 15.5 Å². The number of hydrogen-bond acceptors (Lipinski definition) is 4. The van der Waals surface area contributed by atoms with Crippen molar-refractivity contribution in [3.63, 3.8) is 0 Å². The maximum absolute atomic E-state index is 12.5. The summed E-state index contributed by atoms with van der Waals surface area (Å²) < 4.78 is 47.3. The monoisotopic (exact) mass is 266 g/mol. The molecule has 0 unspecified atom stereocenters. The fourth-order valence-corrected chi connectivity index (χ4v) is 2.71. The molecule has 16 heavy (non-hydrogen) atoms. The van der Waals surface area contributed by atoms with Crippen molar-refractivity contribution >= 4 is 19.7 Å². The summed E-state index contributed by atoms with van der Waals surface area (Å²) >= 11 is 0. The van der Waals surface area contributed by atoms with Gasteiger partial charge in [-0.25, -0.2) is 22.2 Å². The second kappa shape index (κ2) is 4.31. The van der Waals surface area contributed by atoms with E-state index in [1.807, 2.05) is 0 Å². The third-order valence-corrected chi connectivity index (χ3v) is 3.37. The van der Waals surface area contributed by atoms with Crippen LogP contribution in [0.1, 0.15) is 23.2 Å². The molecular weight excluding hydrogens is 262 g/mol. The molecule has 86 valence electrons. The lowest BCUT2D eigenvalue weighted by Gasteiger charge is -2.09. The molecule has 0 atom stereocenters. The van der Waals surface area contributed by atoms with Crippen molar-refractivity contribution in [2.75, 3.05) is 0 Å². The minimum Gasteiger partial charge on any atom is -0.245 e. The van der Waals surface area contributed by atoms with Crippen molar-refractivity contribution in [2.24, 2.45) is 0 Å². The van der Waals surface area contributed by atoms with E-state index in [1.165, 1.54) is 6.92 Å². The normalized spacial score (nSPS) is 11.5. The summed E-state index contributed by atoms with van der Waals surface area (Å²) in [5.41, 5.74) is -1.22. The first-order chi connectivity index (χ1) is 7.29. The van der Waals surface area contributed by atoms with Gasteiger partial charge in [-0.3, -0.25) is 0 Å². The van der Waals surface area contributed by atoms with E-state index in [0.717, 1.165) is 0 Å². The smallest absolute Gasteiger partial charge is 0.245 e. The lowest BCUT2D eigenvalue weighted by Crippen LogP contribution is -2.05. The van der Waals surface area contributed by atoms with Gasteiger partial charge in [0.1, 0.15) is 11.8 Å². The van der Waals surface area contributed by atoms with Crippen molar-refractivity contribution < 1.29 is 17.2 Å². The lowest BCUT2D eigenvalue weighted by atomic mass is 10.1. The number of pyridine rings is 1. The highest BCUT2D eigenvalue weighted by Gasteiger charge is 2.26. The van der Waals surface area contributed by atoms with Gasteiger partial charge >= 0.3 is 0 Å². The first kappa shape index (κ1) is 12.8. The Morgan fingerprint density at radius 1 is 1.56 bits per heavy atom. The molecular formula is C8H5ClF2N2O2S. The van der Waals surface area contributed by atoms with E-state index in [9.17, 15) is 17.2 Å². The Balaban J connectivity index is 3.72. The van der Waals surface area contributed by atoms with Crippen LogP contribution in [0.4, 0.5) is 8.78 Å². The van der Waals surface area contributed by atoms with E-state index in [4.69, 9.17) is 15.9 Å². The van der Waals surface area contributed by atoms with E-state index < -0.39 is 25.9 Å². The van der Waals surface area contributed by atoms with Crippen LogP contribution in [0.2, 0.25) is 0 Å². The molecule has 0 bridgehead atoms. The molecule has 0 saturated heterocycles. The van der Waals surface area contributed by atoms with Gasteiger partial charge in [-0.2, -0.15) is 5.26 Å². The SMILES string of the molecule is Cc1c(C#N)ncc(C(F)F)c1S(=O)(=O)Cl. The molecule has 0 spiro atoms. The van der Waals surface area contributed by atoms with Crippen molar-refractivity contribution in [3.8, 4) is 6.07 Å². The zero-order valence-electron chi connectivity index (χ0n) is 7.91. The summed E-state index contributed by atoms with van der Waals surface area (Å²) in [5.74, 6) is 0. The molecule has 0 amide bonds. The Labute approximate surface area is 94.9 Å². The first-order valence-corrected chi connectivity index (χ1v) is 6.22. The Kier molecular flexibility index (Phi) is 3.45. The maximum atomic E-state index is 12.5. The average Bonchev–Trinajstić information content (AvgIpc) is 2.14. The molecule has 0 aliphatic rings. The topological polar surface area (TPSA) is 70.8 Å². The van der Waals surface area contributed by atoms with E-state index in [-0.39, 0.29) is 11.3 Å². The Morgan fingerprint density at radius 2 is 2.12 bits per heavy atom. The Hall–Kier alpha value is -1.26. The van der Waals surface area contributed by atoms with Crippen LogP contribution in [0.5, 0.6) is 0 Å². The number of alkyl halides is 2. The van der Waals surface area contributed by atoms with Gasteiger partial charge in [0.05, 0.1) is 10.5 Å². The molecule has 0 fully saturated rings. The fraction of sp³-hybridized carbons (Fsp3) is 0.250. The zero-order chi connectivity index (χ0) is 12.5. The first-order valence-electron chi connectivity index (χ1n) is 3.91. The number of hydrogen-bond donors (Lipinski definition) is 0. The second-order valence-electron chi connectivity index (χ2n) is 2.87. The van der Waals surface area contributed by atoms with Crippen LogP contribution in [-0.4, -0.2) is 13.4 Å². The van der Waals surface area contributed by atoms with E-state index in [0.29, 0.717) is 6.20 Å². The van der Waals surface area contributed by atoms with Crippen LogP contribution in [-0.2, 0) is 9.05 Å². The van der Waals surface area contributed by atoms with Crippen molar-refractivity contribution in [1.29, 1.82) is 5.26 Å². The molecule has 8 heteroatoms. The molecule has 1 aromatic heterocycles. The largest absolute Gasteiger partial charge is 0.266 e. The van der Waals surface area contributed by atoms with Gasteiger partial charge in [0, 0.05) is 22.4 Å². The molecule has 0 aliphatic carbocycles. The highest BCUT2D eigenvalue weighted by atomic mass is 35.7. The lowest BCUT2D eigenvalue weighted by molar-refractivity contribution is 0.147. The number of halogens is 3. The van der Waals surface area contributed by atoms with Crippen molar-refractivity contribution in [1.82, 2.24) is 4.98 Å². The molecule has 1 rings (SSSR count). The van der Waals surface area contributed by atoms with Crippen LogP contribution in [0, 0.1) is 18.3 Å². The standard InChI is InChI=1S/C8H5ClF2N2O2S/c1-4-6(2-12)13-3-5(8(10)11)7(4)16(9,14)15/h3,8H,1H3. The average molecular weight is 267 g/mol. The van der Waals surface area contributed by atoms with Crippen LogP contribution < -0.4 is 0 Å². The third kappa shape index (κ3) is 2.28. The molecule has 0 N–H and O–H groups in total. The second-order valence-corrected chi connectivity index (χ2v) is 5.37. The summed E-state index contributed by atoms with van der Waals surface area (Å²) in [6, 6.07) is 1.59. The Morgan fingerprint density at radius 3 is 2.50 bits per heavy atom. The summed E-state index contributed by atoms with van der Waals surface area (Å²) in [6.45, 7) is 1.20. The summed E-state index contributed by atoms with van der Waals surface area (Å²) in [6.07, 6.45) is -2.38. The molecule has 0 radical (unpaired) electrons. The van der Waals surface area contributed by atoms with E-state index >= 15 is 0 Å². The van der Waals surface area contributed by atoms with E-state index in [1.54, 1.807) is 6.07 Å². The Bertz CT molecular complexity index is 566. The maximum Gasteiger partial charge on any atom is 0.266 e.